The average molecular weight is 344 g/mol. The van der Waals surface area contributed by atoms with E-state index in [0.29, 0.717) is 17.0 Å². The van der Waals surface area contributed by atoms with Crippen LogP contribution in [0.15, 0.2) is 48.5 Å². The van der Waals surface area contributed by atoms with Crippen molar-refractivity contribution in [2.24, 2.45) is 0 Å². The van der Waals surface area contributed by atoms with Crippen LogP contribution in [-0.2, 0) is 4.79 Å². The first kappa shape index (κ1) is 16.8. The molecule has 0 unspecified atom stereocenters. The van der Waals surface area contributed by atoms with Crippen molar-refractivity contribution in [1.29, 1.82) is 0 Å². The highest BCUT2D eigenvalue weighted by molar-refractivity contribution is 6.30. The smallest absolute Gasteiger partial charge is 0.223 e. The van der Waals surface area contributed by atoms with Gasteiger partial charge in [-0.05, 0) is 43.0 Å². The molecule has 4 heteroatoms. The lowest BCUT2D eigenvalue weighted by molar-refractivity contribution is -0.132. The topological polar surface area (TPSA) is 40.5 Å². The standard InChI is InChI=1S/C20H22ClNO2/c21-16-9-10-19(23)18(13-16)17(15-7-3-1-4-8-15)14-20(24)22-11-5-2-6-12-22/h1,3-4,7-10,13,17,23H,2,5-6,11-12,14H2/t17-/m0/s1. The lowest BCUT2D eigenvalue weighted by atomic mass is 9.87. The van der Waals surface area contributed by atoms with Crippen molar-refractivity contribution in [2.45, 2.75) is 31.6 Å². The zero-order valence-electron chi connectivity index (χ0n) is 13.6. The van der Waals surface area contributed by atoms with Crippen LogP contribution in [0.5, 0.6) is 5.75 Å². The lowest BCUT2D eigenvalue weighted by Gasteiger charge is -2.29. The number of carbonyl (C=O) groups is 1. The summed E-state index contributed by atoms with van der Waals surface area (Å²) in [6.45, 7) is 1.67. The Bertz CT molecular complexity index is 696. The van der Waals surface area contributed by atoms with Crippen molar-refractivity contribution >= 4 is 17.5 Å². The number of phenols is 1. The minimum atomic E-state index is -0.195. The van der Waals surface area contributed by atoms with Gasteiger partial charge in [-0.1, -0.05) is 41.9 Å². The minimum Gasteiger partial charge on any atom is -0.508 e. The average Bonchev–Trinajstić information content (AvgIpc) is 2.63. The van der Waals surface area contributed by atoms with Crippen LogP contribution < -0.4 is 0 Å². The maximum Gasteiger partial charge on any atom is 0.223 e. The number of likely N-dealkylation sites (tertiary alicyclic amines) is 1. The molecule has 1 amide bonds. The lowest BCUT2D eigenvalue weighted by Crippen LogP contribution is -2.36. The second-order valence-corrected chi connectivity index (χ2v) is 6.75. The van der Waals surface area contributed by atoms with Gasteiger partial charge in [0.15, 0.2) is 0 Å². The molecule has 0 saturated carbocycles. The van der Waals surface area contributed by atoms with Crippen molar-refractivity contribution in [3.8, 4) is 5.75 Å². The third-order valence-electron chi connectivity index (χ3n) is 4.65. The normalized spacial score (nSPS) is 16.0. The number of rotatable bonds is 4. The Balaban J connectivity index is 1.90. The zero-order valence-corrected chi connectivity index (χ0v) is 14.4. The summed E-state index contributed by atoms with van der Waals surface area (Å²) < 4.78 is 0. The number of halogens is 1. The van der Waals surface area contributed by atoms with E-state index in [1.165, 1.54) is 6.42 Å². The number of hydrogen-bond donors (Lipinski definition) is 1. The molecule has 3 rings (SSSR count). The summed E-state index contributed by atoms with van der Waals surface area (Å²) >= 11 is 6.13. The molecule has 0 aromatic heterocycles. The van der Waals surface area contributed by atoms with Crippen LogP contribution in [-0.4, -0.2) is 29.0 Å². The van der Waals surface area contributed by atoms with E-state index in [1.54, 1.807) is 18.2 Å². The van der Waals surface area contributed by atoms with Crippen molar-refractivity contribution in [3.05, 3.63) is 64.7 Å². The quantitative estimate of drug-likeness (QED) is 0.882. The number of amides is 1. The monoisotopic (exact) mass is 343 g/mol. The van der Waals surface area contributed by atoms with Gasteiger partial charge in [0.2, 0.25) is 5.91 Å². The molecule has 1 fully saturated rings. The molecule has 2 aromatic rings. The summed E-state index contributed by atoms with van der Waals surface area (Å²) in [6, 6.07) is 14.9. The molecule has 1 aliphatic rings. The Morgan fingerprint density at radius 3 is 2.50 bits per heavy atom. The molecule has 2 aromatic carbocycles. The van der Waals surface area contributed by atoms with Gasteiger partial charge < -0.3 is 10.0 Å². The largest absolute Gasteiger partial charge is 0.508 e. The Labute approximate surface area is 147 Å². The highest BCUT2D eigenvalue weighted by Gasteiger charge is 2.25. The van der Waals surface area contributed by atoms with Gasteiger partial charge in [0.25, 0.3) is 0 Å². The second-order valence-electron chi connectivity index (χ2n) is 6.31. The minimum absolute atomic E-state index is 0.142. The van der Waals surface area contributed by atoms with Gasteiger partial charge in [0.05, 0.1) is 0 Å². The molecule has 0 spiro atoms. The highest BCUT2D eigenvalue weighted by atomic mass is 35.5. The number of carbonyl (C=O) groups excluding carboxylic acids is 1. The Morgan fingerprint density at radius 1 is 1.08 bits per heavy atom. The van der Waals surface area contributed by atoms with Gasteiger partial charge in [0.1, 0.15) is 5.75 Å². The van der Waals surface area contributed by atoms with Gasteiger partial charge in [-0.15, -0.1) is 0 Å². The molecule has 1 heterocycles. The van der Waals surface area contributed by atoms with E-state index in [4.69, 9.17) is 11.6 Å². The van der Waals surface area contributed by atoms with Crippen LogP contribution in [0.1, 0.15) is 42.7 Å². The number of piperidine rings is 1. The van der Waals surface area contributed by atoms with Gasteiger partial charge in [-0.2, -0.15) is 0 Å². The van der Waals surface area contributed by atoms with Crippen molar-refractivity contribution in [2.75, 3.05) is 13.1 Å². The third kappa shape index (κ3) is 3.90. The molecule has 3 nitrogen and oxygen atoms in total. The first-order valence-corrected chi connectivity index (χ1v) is 8.84. The molecule has 0 bridgehead atoms. The molecule has 0 radical (unpaired) electrons. The Kier molecular flexibility index (Phi) is 5.41. The van der Waals surface area contributed by atoms with Crippen molar-refractivity contribution < 1.29 is 9.90 Å². The summed E-state index contributed by atoms with van der Waals surface area (Å²) in [7, 11) is 0. The summed E-state index contributed by atoms with van der Waals surface area (Å²) in [4.78, 5) is 14.7. The first-order chi connectivity index (χ1) is 11.6. The van der Waals surface area contributed by atoms with Gasteiger partial charge in [-0.25, -0.2) is 0 Å². The van der Waals surface area contributed by atoms with Crippen LogP contribution in [0.2, 0.25) is 5.02 Å². The SMILES string of the molecule is O=C(C[C@@H](c1ccccc1)c1cc(Cl)ccc1O)N1CCCCC1. The van der Waals surface area contributed by atoms with Gasteiger partial charge in [0, 0.05) is 36.0 Å². The Morgan fingerprint density at radius 2 is 1.79 bits per heavy atom. The molecule has 1 saturated heterocycles. The molecule has 1 aliphatic heterocycles. The maximum absolute atomic E-state index is 12.8. The number of benzene rings is 2. The number of hydrogen-bond acceptors (Lipinski definition) is 2. The van der Waals surface area contributed by atoms with Crippen LogP contribution in [0.4, 0.5) is 0 Å². The predicted octanol–water partition coefficient (Wildman–Crippen LogP) is 4.58. The van der Waals surface area contributed by atoms with E-state index in [0.717, 1.165) is 31.5 Å². The van der Waals surface area contributed by atoms with E-state index in [9.17, 15) is 9.90 Å². The van der Waals surface area contributed by atoms with Gasteiger partial charge in [-0.3, -0.25) is 4.79 Å². The molecule has 1 N–H and O–H groups in total. The molecule has 126 valence electrons. The van der Waals surface area contributed by atoms with E-state index in [-0.39, 0.29) is 17.6 Å². The van der Waals surface area contributed by atoms with Crippen LogP contribution in [0.25, 0.3) is 0 Å². The molecule has 1 atom stereocenters. The fourth-order valence-corrected chi connectivity index (χ4v) is 3.52. The zero-order chi connectivity index (χ0) is 16.9. The maximum atomic E-state index is 12.8. The third-order valence-corrected chi connectivity index (χ3v) is 4.89. The predicted molar refractivity (Wildman–Crippen MR) is 96.4 cm³/mol. The molecule has 24 heavy (non-hydrogen) atoms. The summed E-state index contributed by atoms with van der Waals surface area (Å²) in [5, 5.41) is 10.9. The molecular weight excluding hydrogens is 322 g/mol. The van der Waals surface area contributed by atoms with Crippen LogP contribution in [0, 0.1) is 0 Å². The summed E-state index contributed by atoms with van der Waals surface area (Å²) in [5.74, 6) is 0.127. The summed E-state index contributed by atoms with van der Waals surface area (Å²) in [6.07, 6.45) is 3.69. The van der Waals surface area contributed by atoms with Gasteiger partial charge >= 0.3 is 0 Å². The van der Waals surface area contributed by atoms with E-state index in [2.05, 4.69) is 0 Å². The fourth-order valence-electron chi connectivity index (χ4n) is 3.34. The molecular formula is C20H22ClNO2. The van der Waals surface area contributed by atoms with E-state index < -0.39 is 0 Å². The van der Waals surface area contributed by atoms with Crippen molar-refractivity contribution in [3.63, 3.8) is 0 Å². The van der Waals surface area contributed by atoms with Crippen LogP contribution in [0.3, 0.4) is 0 Å². The molecule has 0 aliphatic carbocycles. The summed E-state index contributed by atoms with van der Waals surface area (Å²) in [5.41, 5.74) is 1.72. The fraction of sp³-hybridized carbons (Fsp3) is 0.350. The first-order valence-electron chi connectivity index (χ1n) is 8.46. The number of aromatic hydroxyl groups is 1. The van der Waals surface area contributed by atoms with Crippen LogP contribution >= 0.6 is 11.6 Å². The number of phenolic OH excluding ortho intramolecular Hbond substituents is 1. The highest BCUT2D eigenvalue weighted by Crippen LogP contribution is 2.36. The van der Waals surface area contributed by atoms with E-state index >= 15 is 0 Å². The van der Waals surface area contributed by atoms with E-state index in [1.807, 2.05) is 35.2 Å². The second kappa shape index (κ2) is 7.71. The number of nitrogens with zero attached hydrogens (tertiary/aromatic N) is 1. The van der Waals surface area contributed by atoms with Crippen molar-refractivity contribution in [1.82, 2.24) is 4.90 Å². The Hall–Kier alpha value is -2.00.